The first-order valence-electron chi connectivity index (χ1n) is 6.68. The molecular formula is C15H21N3O2. The van der Waals surface area contributed by atoms with E-state index < -0.39 is 0 Å². The fourth-order valence-electron chi connectivity index (χ4n) is 2.32. The van der Waals surface area contributed by atoms with Gasteiger partial charge < -0.3 is 15.5 Å². The topological polar surface area (TPSA) is 66.6 Å². The molecule has 0 aliphatic carbocycles. The van der Waals surface area contributed by atoms with Crippen LogP contribution in [0.3, 0.4) is 0 Å². The number of hydrogen-bond acceptors (Lipinski definition) is 3. The monoisotopic (exact) mass is 275 g/mol. The number of carbonyl (C=O) groups is 2. The van der Waals surface area contributed by atoms with Crippen LogP contribution in [0.5, 0.6) is 0 Å². The van der Waals surface area contributed by atoms with E-state index in [0.29, 0.717) is 0 Å². The van der Waals surface area contributed by atoms with Gasteiger partial charge in [-0.15, -0.1) is 0 Å². The van der Waals surface area contributed by atoms with Gasteiger partial charge in [-0.2, -0.15) is 0 Å². The summed E-state index contributed by atoms with van der Waals surface area (Å²) in [6.07, 6.45) is 0.719. The van der Waals surface area contributed by atoms with Crippen LogP contribution in [0.1, 0.15) is 19.4 Å². The van der Waals surface area contributed by atoms with Gasteiger partial charge in [0.1, 0.15) is 6.54 Å². The molecule has 1 aromatic carbocycles. The molecule has 1 aliphatic rings. The number of piperazine rings is 1. The second-order valence-electron chi connectivity index (χ2n) is 6.06. The molecule has 1 aromatic rings. The van der Waals surface area contributed by atoms with Crippen LogP contribution in [-0.4, -0.2) is 42.4 Å². The Morgan fingerprint density at radius 1 is 1.20 bits per heavy atom. The lowest BCUT2D eigenvalue weighted by Gasteiger charge is -2.32. The van der Waals surface area contributed by atoms with Crippen molar-refractivity contribution in [3.8, 4) is 0 Å². The molecule has 20 heavy (non-hydrogen) atoms. The van der Waals surface area contributed by atoms with E-state index in [-0.39, 0.29) is 30.4 Å². The van der Waals surface area contributed by atoms with Gasteiger partial charge in [-0.25, -0.2) is 0 Å². The number of amides is 2. The van der Waals surface area contributed by atoms with Crippen LogP contribution >= 0.6 is 0 Å². The molecule has 0 aromatic heterocycles. The average Bonchev–Trinajstić information content (AvgIpc) is 2.32. The molecular weight excluding hydrogens is 254 g/mol. The summed E-state index contributed by atoms with van der Waals surface area (Å²) in [7, 11) is 1.64. The van der Waals surface area contributed by atoms with Crippen molar-refractivity contribution in [2.24, 2.45) is 5.73 Å². The number of hydrogen-bond donors (Lipinski definition) is 1. The SMILES string of the molecule is CN1CC(=O)N(c2cccc(CC(C)(C)N)c2)CC1=O. The number of anilines is 1. The predicted octanol–water partition coefficient (Wildman–Crippen LogP) is 0.771. The molecule has 108 valence electrons. The van der Waals surface area contributed by atoms with E-state index in [2.05, 4.69) is 0 Å². The maximum absolute atomic E-state index is 12.1. The summed E-state index contributed by atoms with van der Waals surface area (Å²) in [6.45, 7) is 4.16. The fourth-order valence-corrected chi connectivity index (χ4v) is 2.32. The third-order valence-electron chi connectivity index (χ3n) is 3.27. The van der Waals surface area contributed by atoms with Gasteiger partial charge in [-0.1, -0.05) is 12.1 Å². The van der Waals surface area contributed by atoms with Crippen molar-refractivity contribution < 1.29 is 9.59 Å². The van der Waals surface area contributed by atoms with Crippen molar-refractivity contribution in [2.45, 2.75) is 25.8 Å². The second kappa shape index (κ2) is 5.25. The Kier molecular flexibility index (Phi) is 3.81. The summed E-state index contributed by atoms with van der Waals surface area (Å²) in [5.41, 5.74) is 7.54. The first kappa shape index (κ1) is 14.5. The zero-order valence-electron chi connectivity index (χ0n) is 12.2. The quantitative estimate of drug-likeness (QED) is 0.886. The largest absolute Gasteiger partial charge is 0.335 e. The van der Waals surface area contributed by atoms with Crippen molar-refractivity contribution in [3.63, 3.8) is 0 Å². The van der Waals surface area contributed by atoms with Gasteiger partial charge in [0.25, 0.3) is 0 Å². The van der Waals surface area contributed by atoms with Gasteiger partial charge in [0, 0.05) is 18.3 Å². The Morgan fingerprint density at radius 2 is 1.90 bits per heavy atom. The Hall–Kier alpha value is -1.88. The lowest BCUT2D eigenvalue weighted by Crippen LogP contribution is -2.52. The van der Waals surface area contributed by atoms with Crippen molar-refractivity contribution in [1.82, 2.24) is 4.90 Å². The summed E-state index contributed by atoms with van der Waals surface area (Å²) in [4.78, 5) is 26.8. The number of likely N-dealkylation sites (N-methyl/N-ethyl adjacent to an activating group) is 1. The van der Waals surface area contributed by atoms with E-state index in [4.69, 9.17) is 5.73 Å². The smallest absolute Gasteiger partial charge is 0.247 e. The Bertz CT molecular complexity index is 534. The molecule has 0 atom stereocenters. The number of carbonyl (C=O) groups excluding carboxylic acids is 2. The number of nitrogens with two attached hydrogens (primary N) is 1. The predicted molar refractivity (Wildman–Crippen MR) is 78.4 cm³/mol. The minimum atomic E-state index is -0.305. The third kappa shape index (κ3) is 3.36. The molecule has 0 radical (unpaired) electrons. The first-order chi connectivity index (χ1) is 9.26. The van der Waals surface area contributed by atoms with Gasteiger partial charge in [-0.3, -0.25) is 9.59 Å². The van der Waals surface area contributed by atoms with E-state index in [9.17, 15) is 9.59 Å². The van der Waals surface area contributed by atoms with E-state index in [0.717, 1.165) is 17.7 Å². The standard InChI is InChI=1S/C15H21N3O2/c1-15(2,16)8-11-5-4-6-12(7-11)18-10-13(19)17(3)9-14(18)20/h4-7H,8-10,16H2,1-3H3. The summed E-state index contributed by atoms with van der Waals surface area (Å²) in [5, 5.41) is 0. The summed E-state index contributed by atoms with van der Waals surface area (Å²) in [6, 6.07) is 7.67. The highest BCUT2D eigenvalue weighted by Crippen LogP contribution is 2.21. The molecule has 0 bridgehead atoms. The van der Waals surface area contributed by atoms with Crippen LogP contribution in [-0.2, 0) is 16.0 Å². The number of benzene rings is 1. The molecule has 0 saturated carbocycles. The van der Waals surface area contributed by atoms with Crippen molar-refractivity contribution in [1.29, 1.82) is 0 Å². The fraction of sp³-hybridized carbons (Fsp3) is 0.467. The highest BCUT2D eigenvalue weighted by atomic mass is 16.2. The average molecular weight is 275 g/mol. The van der Waals surface area contributed by atoms with E-state index in [1.807, 2.05) is 38.1 Å². The summed E-state index contributed by atoms with van der Waals surface area (Å²) in [5.74, 6) is -0.106. The molecule has 5 heteroatoms. The van der Waals surface area contributed by atoms with Crippen LogP contribution < -0.4 is 10.6 Å². The molecule has 0 spiro atoms. The van der Waals surface area contributed by atoms with Gasteiger partial charge >= 0.3 is 0 Å². The zero-order valence-corrected chi connectivity index (χ0v) is 12.2. The zero-order chi connectivity index (χ0) is 14.9. The minimum absolute atomic E-state index is 0.0471. The molecule has 1 fully saturated rings. The summed E-state index contributed by atoms with van der Waals surface area (Å²) < 4.78 is 0. The van der Waals surface area contributed by atoms with Crippen molar-refractivity contribution in [3.05, 3.63) is 29.8 Å². The maximum atomic E-state index is 12.1. The van der Waals surface area contributed by atoms with Crippen LogP contribution in [0, 0.1) is 0 Å². The molecule has 1 heterocycles. The second-order valence-corrected chi connectivity index (χ2v) is 6.06. The van der Waals surface area contributed by atoms with E-state index in [1.165, 1.54) is 9.80 Å². The van der Waals surface area contributed by atoms with Gasteiger partial charge in [0.05, 0.1) is 6.54 Å². The highest BCUT2D eigenvalue weighted by molar-refractivity contribution is 6.04. The lowest BCUT2D eigenvalue weighted by molar-refractivity contribution is -0.136. The van der Waals surface area contributed by atoms with Crippen LogP contribution in [0.4, 0.5) is 5.69 Å². The maximum Gasteiger partial charge on any atom is 0.247 e. The normalized spacial score (nSPS) is 16.8. The van der Waals surface area contributed by atoms with Crippen LogP contribution in [0.15, 0.2) is 24.3 Å². The van der Waals surface area contributed by atoms with Gasteiger partial charge in [0.15, 0.2) is 0 Å². The Morgan fingerprint density at radius 3 is 2.55 bits per heavy atom. The molecule has 2 amide bonds. The lowest BCUT2D eigenvalue weighted by atomic mass is 9.96. The molecule has 1 aliphatic heterocycles. The molecule has 2 rings (SSSR count). The van der Waals surface area contributed by atoms with Crippen molar-refractivity contribution >= 4 is 17.5 Å². The van der Waals surface area contributed by atoms with Gasteiger partial charge in [-0.05, 0) is 38.0 Å². The molecule has 2 N–H and O–H groups in total. The van der Waals surface area contributed by atoms with E-state index >= 15 is 0 Å². The summed E-state index contributed by atoms with van der Waals surface area (Å²) >= 11 is 0. The minimum Gasteiger partial charge on any atom is -0.335 e. The third-order valence-corrected chi connectivity index (χ3v) is 3.27. The Balaban J connectivity index is 2.22. The van der Waals surface area contributed by atoms with Crippen LogP contribution in [0.2, 0.25) is 0 Å². The molecule has 5 nitrogen and oxygen atoms in total. The highest BCUT2D eigenvalue weighted by Gasteiger charge is 2.28. The van der Waals surface area contributed by atoms with E-state index in [1.54, 1.807) is 7.05 Å². The molecule has 0 unspecified atom stereocenters. The first-order valence-corrected chi connectivity index (χ1v) is 6.68. The number of rotatable bonds is 3. The van der Waals surface area contributed by atoms with Crippen LogP contribution in [0.25, 0.3) is 0 Å². The molecule has 1 saturated heterocycles. The Labute approximate surface area is 119 Å². The van der Waals surface area contributed by atoms with Gasteiger partial charge in [0.2, 0.25) is 11.8 Å². The number of nitrogens with zero attached hydrogens (tertiary/aromatic N) is 2. The van der Waals surface area contributed by atoms with Crippen molar-refractivity contribution in [2.75, 3.05) is 25.0 Å².